The summed E-state index contributed by atoms with van der Waals surface area (Å²) in [7, 11) is 0. The summed E-state index contributed by atoms with van der Waals surface area (Å²) in [5.74, 6) is 0.620. The highest BCUT2D eigenvalue weighted by atomic mass is 19.4. The molecule has 9 heteroatoms. The lowest BCUT2D eigenvalue weighted by Gasteiger charge is -2.33. The SMILES string of the molecule is CC(C)n1cc(C(F)(F)F)nc1N1CCC(CNC(=O)OC(C)(C)C)CC1. The molecule has 0 radical (unpaired) electrons. The monoisotopic (exact) mass is 390 g/mol. The Morgan fingerprint density at radius 2 is 1.89 bits per heavy atom. The minimum Gasteiger partial charge on any atom is -0.444 e. The number of hydrogen-bond donors (Lipinski definition) is 1. The largest absolute Gasteiger partial charge is 0.444 e. The van der Waals surface area contributed by atoms with Crippen LogP contribution >= 0.6 is 0 Å². The summed E-state index contributed by atoms with van der Waals surface area (Å²) >= 11 is 0. The molecule has 6 nitrogen and oxygen atoms in total. The molecule has 1 aromatic rings. The third kappa shape index (κ3) is 6.04. The number of ether oxygens (including phenoxy) is 1. The van der Waals surface area contributed by atoms with Crippen molar-refractivity contribution >= 4 is 12.0 Å². The Bertz CT molecular complexity index is 642. The molecule has 27 heavy (non-hydrogen) atoms. The highest BCUT2D eigenvalue weighted by Crippen LogP contribution is 2.33. The highest BCUT2D eigenvalue weighted by molar-refractivity contribution is 5.67. The number of imidazole rings is 1. The normalized spacial score (nSPS) is 16.7. The Kier molecular flexibility index (Phi) is 6.32. The summed E-state index contributed by atoms with van der Waals surface area (Å²) in [6.45, 7) is 10.8. The number of rotatable bonds is 4. The van der Waals surface area contributed by atoms with Crippen LogP contribution in [0.4, 0.5) is 23.9 Å². The maximum Gasteiger partial charge on any atom is 0.434 e. The maximum atomic E-state index is 13.0. The Hall–Kier alpha value is -1.93. The summed E-state index contributed by atoms with van der Waals surface area (Å²) in [6.07, 6.45) is -2.29. The zero-order valence-corrected chi connectivity index (χ0v) is 16.6. The first-order valence-corrected chi connectivity index (χ1v) is 9.24. The quantitative estimate of drug-likeness (QED) is 0.836. The van der Waals surface area contributed by atoms with Crippen molar-refractivity contribution in [3.05, 3.63) is 11.9 Å². The van der Waals surface area contributed by atoms with Gasteiger partial charge in [0.2, 0.25) is 5.95 Å². The van der Waals surface area contributed by atoms with Crippen LogP contribution in [-0.2, 0) is 10.9 Å². The second kappa shape index (κ2) is 7.98. The first-order valence-electron chi connectivity index (χ1n) is 9.24. The van der Waals surface area contributed by atoms with Crippen LogP contribution in [0.1, 0.15) is 59.2 Å². The van der Waals surface area contributed by atoms with Gasteiger partial charge in [0.15, 0.2) is 5.69 Å². The molecule has 1 aromatic heterocycles. The molecule has 1 aliphatic heterocycles. The van der Waals surface area contributed by atoms with Crippen LogP contribution in [0.5, 0.6) is 0 Å². The fraction of sp³-hybridized carbons (Fsp3) is 0.778. The van der Waals surface area contributed by atoms with E-state index in [2.05, 4.69) is 10.3 Å². The molecular weight excluding hydrogens is 361 g/mol. The molecule has 1 fully saturated rings. The van der Waals surface area contributed by atoms with Gasteiger partial charge in [-0.1, -0.05) is 0 Å². The second-order valence-corrected chi connectivity index (χ2v) is 8.24. The average Bonchev–Trinajstić information content (AvgIpc) is 2.97. The maximum absolute atomic E-state index is 13.0. The summed E-state index contributed by atoms with van der Waals surface area (Å²) in [5.41, 5.74) is -1.41. The third-order valence-corrected chi connectivity index (χ3v) is 4.39. The van der Waals surface area contributed by atoms with Gasteiger partial charge in [0.1, 0.15) is 5.60 Å². The molecule has 1 N–H and O–H groups in total. The number of anilines is 1. The fourth-order valence-corrected chi connectivity index (χ4v) is 3.01. The molecule has 0 aromatic carbocycles. The van der Waals surface area contributed by atoms with Crippen molar-refractivity contribution in [2.75, 3.05) is 24.5 Å². The third-order valence-electron chi connectivity index (χ3n) is 4.39. The molecule has 0 aliphatic carbocycles. The Morgan fingerprint density at radius 1 is 1.30 bits per heavy atom. The summed E-state index contributed by atoms with van der Waals surface area (Å²) in [4.78, 5) is 17.5. The van der Waals surface area contributed by atoms with Crippen molar-refractivity contribution in [3.63, 3.8) is 0 Å². The molecule has 0 unspecified atom stereocenters. The van der Waals surface area contributed by atoms with E-state index in [0.717, 1.165) is 19.0 Å². The lowest BCUT2D eigenvalue weighted by molar-refractivity contribution is -0.140. The van der Waals surface area contributed by atoms with Crippen LogP contribution in [0.25, 0.3) is 0 Å². The van der Waals surface area contributed by atoms with E-state index in [0.29, 0.717) is 25.6 Å². The summed E-state index contributed by atoms with van der Waals surface area (Å²) in [6, 6.07) is -0.116. The second-order valence-electron chi connectivity index (χ2n) is 8.24. The van der Waals surface area contributed by atoms with Crippen molar-refractivity contribution in [1.82, 2.24) is 14.9 Å². The predicted molar refractivity (Wildman–Crippen MR) is 96.8 cm³/mol. The van der Waals surface area contributed by atoms with Crippen molar-refractivity contribution in [1.29, 1.82) is 0 Å². The minimum absolute atomic E-state index is 0.116. The Labute approximate surface area is 158 Å². The molecule has 2 rings (SSSR count). The van der Waals surface area contributed by atoms with Crippen molar-refractivity contribution in [2.24, 2.45) is 5.92 Å². The number of alkyl carbamates (subject to hydrolysis) is 1. The van der Waals surface area contributed by atoms with Gasteiger partial charge in [-0.05, 0) is 53.4 Å². The van der Waals surface area contributed by atoms with E-state index in [9.17, 15) is 18.0 Å². The van der Waals surface area contributed by atoms with Gasteiger partial charge in [-0.25, -0.2) is 9.78 Å². The van der Waals surface area contributed by atoms with Crippen LogP contribution in [0.15, 0.2) is 6.20 Å². The van der Waals surface area contributed by atoms with E-state index in [4.69, 9.17) is 4.74 Å². The zero-order chi connectivity index (χ0) is 20.4. The number of piperidine rings is 1. The van der Waals surface area contributed by atoms with Crippen LogP contribution in [0.3, 0.4) is 0 Å². The number of carbonyl (C=O) groups is 1. The van der Waals surface area contributed by atoms with Crippen molar-refractivity contribution in [3.8, 4) is 0 Å². The lowest BCUT2D eigenvalue weighted by atomic mass is 9.97. The molecule has 0 spiro atoms. The van der Waals surface area contributed by atoms with Gasteiger partial charge in [0.25, 0.3) is 0 Å². The molecule has 1 aliphatic rings. The number of aromatic nitrogens is 2. The van der Waals surface area contributed by atoms with Gasteiger partial charge >= 0.3 is 12.3 Å². The highest BCUT2D eigenvalue weighted by Gasteiger charge is 2.36. The Morgan fingerprint density at radius 3 is 2.37 bits per heavy atom. The van der Waals surface area contributed by atoms with E-state index < -0.39 is 23.6 Å². The number of carbonyl (C=O) groups excluding carboxylic acids is 1. The van der Waals surface area contributed by atoms with Crippen LogP contribution < -0.4 is 10.2 Å². The van der Waals surface area contributed by atoms with Gasteiger partial charge in [-0.2, -0.15) is 13.2 Å². The fourth-order valence-electron chi connectivity index (χ4n) is 3.01. The van der Waals surface area contributed by atoms with Crippen LogP contribution in [0, 0.1) is 5.92 Å². The molecule has 0 atom stereocenters. The first-order chi connectivity index (χ1) is 12.4. The number of alkyl halides is 3. The van der Waals surface area contributed by atoms with Gasteiger partial charge < -0.3 is 19.5 Å². The summed E-state index contributed by atoms with van der Waals surface area (Å²) < 4.78 is 45.8. The number of nitrogens with zero attached hydrogens (tertiary/aromatic N) is 3. The molecule has 1 amide bonds. The first kappa shape index (κ1) is 21.4. The number of amides is 1. The van der Waals surface area contributed by atoms with Gasteiger partial charge in [-0.3, -0.25) is 0 Å². The van der Waals surface area contributed by atoms with Crippen molar-refractivity contribution in [2.45, 2.75) is 65.3 Å². The number of halogens is 3. The molecule has 1 saturated heterocycles. The van der Waals surface area contributed by atoms with E-state index in [1.807, 2.05) is 18.7 Å². The van der Waals surface area contributed by atoms with Crippen LogP contribution in [0.2, 0.25) is 0 Å². The minimum atomic E-state index is -4.45. The molecule has 0 bridgehead atoms. The van der Waals surface area contributed by atoms with Crippen molar-refractivity contribution < 1.29 is 22.7 Å². The van der Waals surface area contributed by atoms with Crippen LogP contribution in [-0.4, -0.2) is 40.9 Å². The summed E-state index contributed by atoms with van der Waals surface area (Å²) in [5, 5.41) is 2.77. The average molecular weight is 390 g/mol. The standard InChI is InChI=1S/C18H29F3N4O2/c1-12(2)25-11-14(18(19,20)21)23-15(25)24-8-6-13(7-9-24)10-22-16(26)27-17(3,4)5/h11-13H,6-10H2,1-5H3,(H,22,26). The Balaban J connectivity index is 1.94. The predicted octanol–water partition coefficient (Wildman–Crippen LogP) is 4.22. The number of nitrogens with one attached hydrogen (secondary N) is 1. The molecular formula is C18H29F3N4O2. The van der Waals surface area contributed by atoms with Gasteiger partial charge in [0.05, 0.1) is 0 Å². The molecule has 154 valence electrons. The lowest BCUT2D eigenvalue weighted by Crippen LogP contribution is -2.41. The van der Waals surface area contributed by atoms with E-state index >= 15 is 0 Å². The smallest absolute Gasteiger partial charge is 0.434 e. The number of hydrogen-bond acceptors (Lipinski definition) is 4. The van der Waals surface area contributed by atoms with Gasteiger partial charge in [0, 0.05) is 31.9 Å². The van der Waals surface area contributed by atoms with E-state index in [1.165, 1.54) is 0 Å². The van der Waals surface area contributed by atoms with Gasteiger partial charge in [-0.15, -0.1) is 0 Å². The topological polar surface area (TPSA) is 59.4 Å². The molecule has 2 heterocycles. The zero-order valence-electron chi connectivity index (χ0n) is 16.6. The van der Waals surface area contributed by atoms with E-state index in [-0.39, 0.29) is 12.0 Å². The van der Waals surface area contributed by atoms with E-state index in [1.54, 1.807) is 25.3 Å². The molecule has 0 saturated carbocycles.